The van der Waals surface area contributed by atoms with Crippen molar-refractivity contribution in [1.29, 1.82) is 0 Å². The molecule has 0 saturated heterocycles. The fourth-order valence-electron chi connectivity index (χ4n) is 0.870. The molecule has 0 bridgehead atoms. The summed E-state index contributed by atoms with van der Waals surface area (Å²) in [5.41, 5.74) is -5.54. The van der Waals surface area contributed by atoms with Crippen LogP contribution in [0.2, 0.25) is 0 Å². The predicted molar refractivity (Wildman–Crippen MR) is 51.3 cm³/mol. The maximum absolute atomic E-state index is 13.0. The molecule has 0 amide bonds. The molecule has 0 spiro atoms. The van der Waals surface area contributed by atoms with Crippen LogP contribution >= 0.6 is 0 Å². The minimum atomic E-state index is -5.73. The minimum absolute atomic E-state index is 0.172. The number of aliphatic hydroxyl groups is 1. The zero-order valence-corrected chi connectivity index (χ0v) is 9.89. The van der Waals surface area contributed by atoms with Gasteiger partial charge in [-0.2, -0.15) is 21.6 Å². The summed E-state index contributed by atoms with van der Waals surface area (Å²) in [6.07, 6.45) is -1.76. The molecule has 0 saturated carbocycles. The fourth-order valence-corrected chi connectivity index (χ4v) is 1.33. The van der Waals surface area contributed by atoms with Crippen molar-refractivity contribution in [3.63, 3.8) is 0 Å². The Hall–Kier alpha value is -0.410. The lowest BCUT2D eigenvalue weighted by molar-refractivity contribution is -0.0554. The summed E-state index contributed by atoms with van der Waals surface area (Å²) in [7, 11) is -5.73. The van der Waals surface area contributed by atoms with Crippen LogP contribution in [-0.2, 0) is 14.3 Å². The Morgan fingerprint density at radius 3 is 2.24 bits per heavy atom. The normalized spacial score (nSPS) is 16.8. The van der Waals surface area contributed by atoms with E-state index in [-0.39, 0.29) is 25.4 Å². The van der Waals surface area contributed by atoms with Crippen LogP contribution in [0.25, 0.3) is 0 Å². The molecule has 1 N–H and O–H groups in total. The lowest BCUT2D eigenvalue weighted by atomic mass is 10.1. The van der Waals surface area contributed by atoms with Crippen LogP contribution in [0.5, 0.6) is 0 Å². The maximum Gasteiger partial charge on any atom is 0.523 e. The quantitative estimate of drug-likeness (QED) is 0.437. The Balaban J connectivity index is 4.05. The number of halogens is 4. The topological polar surface area (TPSA) is 63.6 Å². The first-order chi connectivity index (χ1) is 7.60. The van der Waals surface area contributed by atoms with Gasteiger partial charge in [-0.3, -0.25) is 4.18 Å². The van der Waals surface area contributed by atoms with Gasteiger partial charge < -0.3 is 5.11 Å². The van der Waals surface area contributed by atoms with Crippen LogP contribution in [-0.4, -0.2) is 38.4 Å². The van der Waals surface area contributed by atoms with Crippen molar-refractivity contribution in [2.75, 3.05) is 13.2 Å². The van der Waals surface area contributed by atoms with Gasteiger partial charge in [0.25, 0.3) is 0 Å². The molecular weight excluding hydrogens is 268 g/mol. The van der Waals surface area contributed by atoms with Gasteiger partial charge in [0.15, 0.2) is 0 Å². The Morgan fingerprint density at radius 1 is 1.29 bits per heavy atom. The lowest BCUT2D eigenvalue weighted by Gasteiger charge is -2.12. The van der Waals surface area contributed by atoms with E-state index in [2.05, 4.69) is 4.18 Å². The van der Waals surface area contributed by atoms with Crippen molar-refractivity contribution in [3.05, 3.63) is 0 Å². The van der Waals surface area contributed by atoms with Crippen molar-refractivity contribution >= 4 is 10.1 Å². The average Bonchev–Trinajstić information content (AvgIpc) is 2.21. The van der Waals surface area contributed by atoms with Crippen LogP contribution in [0.3, 0.4) is 0 Å². The van der Waals surface area contributed by atoms with Gasteiger partial charge in [0.1, 0.15) is 6.17 Å². The van der Waals surface area contributed by atoms with Crippen LogP contribution in [0.4, 0.5) is 17.6 Å². The number of hydrogen-bond donors (Lipinski definition) is 1. The van der Waals surface area contributed by atoms with E-state index in [0.29, 0.717) is 0 Å². The molecular formula is C8H14F4O4S. The van der Waals surface area contributed by atoms with Crippen molar-refractivity contribution in [2.45, 2.75) is 31.4 Å². The second kappa shape index (κ2) is 6.50. The summed E-state index contributed by atoms with van der Waals surface area (Å²) in [6, 6.07) is 0. The van der Waals surface area contributed by atoms with Gasteiger partial charge in [-0.15, -0.1) is 0 Å². The van der Waals surface area contributed by atoms with Crippen LogP contribution in [0.15, 0.2) is 0 Å². The molecule has 2 atom stereocenters. The van der Waals surface area contributed by atoms with E-state index >= 15 is 0 Å². The molecule has 0 aromatic carbocycles. The molecule has 0 aromatic rings. The van der Waals surface area contributed by atoms with E-state index in [0.717, 1.165) is 0 Å². The second-order valence-electron chi connectivity index (χ2n) is 3.65. The third kappa shape index (κ3) is 6.18. The SMILES string of the molecule is CC(CO)CCC(F)COS(=O)(=O)C(F)(F)F. The smallest absolute Gasteiger partial charge is 0.396 e. The van der Waals surface area contributed by atoms with Gasteiger partial charge in [-0.05, 0) is 18.8 Å². The molecule has 2 unspecified atom stereocenters. The summed E-state index contributed by atoms with van der Waals surface area (Å²) in [6.45, 7) is 0.286. The highest BCUT2D eigenvalue weighted by Crippen LogP contribution is 2.25. The highest BCUT2D eigenvalue weighted by Gasteiger charge is 2.47. The van der Waals surface area contributed by atoms with E-state index in [4.69, 9.17) is 5.11 Å². The summed E-state index contributed by atoms with van der Waals surface area (Å²) in [5.74, 6) is -0.201. The third-order valence-corrected chi connectivity index (χ3v) is 2.99. The Morgan fingerprint density at radius 2 is 1.82 bits per heavy atom. The minimum Gasteiger partial charge on any atom is -0.396 e. The van der Waals surface area contributed by atoms with E-state index in [1.54, 1.807) is 6.92 Å². The molecule has 0 aliphatic heterocycles. The van der Waals surface area contributed by atoms with E-state index in [9.17, 15) is 26.0 Å². The molecule has 4 nitrogen and oxygen atoms in total. The molecule has 104 valence electrons. The van der Waals surface area contributed by atoms with Gasteiger partial charge in [0.05, 0.1) is 6.61 Å². The molecule has 0 heterocycles. The monoisotopic (exact) mass is 282 g/mol. The molecule has 9 heteroatoms. The highest BCUT2D eigenvalue weighted by atomic mass is 32.2. The first-order valence-electron chi connectivity index (χ1n) is 4.80. The van der Waals surface area contributed by atoms with Gasteiger partial charge in [0.2, 0.25) is 0 Å². The van der Waals surface area contributed by atoms with Crippen molar-refractivity contribution in [3.8, 4) is 0 Å². The molecule has 0 aliphatic carbocycles. The second-order valence-corrected chi connectivity index (χ2v) is 5.25. The fraction of sp³-hybridized carbons (Fsp3) is 1.00. The van der Waals surface area contributed by atoms with Crippen molar-refractivity contribution < 1.29 is 35.3 Å². The van der Waals surface area contributed by atoms with Crippen molar-refractivity contribution in [2.24, 2.45) is 5.92 Å². The molecule has 0 rings (SSSR count). The van der Waals surface area contributed by atoms with Gasteiger partial charge >= 0.3 is 15.6 Å². The van der Waals surface area contributed by atoms with Crippen molar-refractivity contribution in [1.82, 2.24) is 0 Å². The van der Waals surface area contributed by atoms with E-state index < -0.39 is 28.4 Å². The Kier molecular flexibility index (Phi) is 6.35. The Labute approximate surface area is 96.7 Å². The lowest BCUT2D eigenvalue weighted by Crippen LogP contribution is -2.28. The number of alkyl halides is 4. The Bertz CT molecular complexity index is 314. The molecule has 17 heavy (non-hydrogen) atoms. The molecule has 0 aliphatic rings. The zero-order valence-electron chi connectivity index (χ0n) is 9.08. The highest BCUT2D eigenvalue weighted by molar-refractivity contribution is 7.87. The van der Waals surface area contributed by atoms with Crippen LogP contribution in [0, 0.1) is 5.92 Å². The third-order valence-electron chi connectivity index (χ3n) is 1.97. The van der Waals surface area contributed by atoms with Crippen LogP contribution < -0.4 is 0 Å². The summed E-state index contributed by atoms with van der Waals surface area (Å²) in [5, 5.41) is 8.62. The zero-order chi connectivity index (χ0) is 13.7. The number of rotatable bonds is 7. The maximum atomic E-state index is 13.0. The standard InChI is InChI=1S/C8H14F4O4S/c1-6(4-13)2-3-7(9)5-16-17(14,15)8(10,11)12/h6-7,13H,2-5H2,1H3. The molecule has 0 radical (unpaired) electrons. The molecule has 0 fully saturated rings. The first-order valence-corrected chi connectivity index (χ1v) is 6.21. The first kappa shape index (κ1) is 16.6. The van der Waals surface area contributed by atoms with Gasteiger partial charge in [-0.1, -0.05) is 6.92 Å². The largest absolute Gasteiger partial charge is 0.523 e. The predicted octanol–water partition coefficient (Wildman–Crippen LogP) is 1.60. The van der Waals surface area contributed by atoms with Gasteiger partial charge in [-0.25, -0.2) is 4.39 Å². The summed E-state index contributed by atoms with van der Waals surface area (Å²) in [4.78, 5) is 0. The number of hydrogen-bond acceptors (Lipinski definition) is 4. The van der Waals surface area contributed by atoms with E-state index in [1.807, 2.05) is 0 Å². The molecule has 0 aromatic heterocycles. The van der Waals surface area contributed by atoms with E-state index in [1.165, 1.54) is 0 Å². The number of aliphatic hydroxyl groups excluding tert-OH is 1. The average molecular weight is 282 g/mol. The van der Waals surface area contributed by atoms with Crippen LogP contribution in [0.1, 0.15) is 19.8 Å². The summed E-state index contributed by atoms with van der Waals surface area (Å²) < 4.78 is 72.7. The van der Waals surface area contributed by atoms with Gasteiger partial charge in [0, 0.05) is 6.61 Å². The summed E-state index contributed by atoms with van der Waals surface area (Å²) >= 11 is 0.